The molecule has 1 rings (SSSR count). The summed E-state index contributed by atoms with van der Waals surface area (Å²) in [6.07, 6.45) is 5.03. The van der Waals surface area contributed by atoms with Crippen LogP contribution < -0.4 is 10.6 Å². The molecule has 2 amide bonds. The molecule has 1 aliphatic carbocycles. The molecule has 0 spiro atoms. The van der Waals surface area contributed by atoms with Crippen LogP contribution in [0.3, 0.4) is 0 Å². The van der Waals surface area contributed by atoms with Crippen molar-refractivity contribution in [3.8, 4) is 0 Å². The molecular formula is C11H22N2O3. The van der Waals surface area contributed by atoms with Gasteiger partial charge in [0.25, 0.3) is 0 Å². The van der Waals surface area contributed by atoms with E-state index in [4.69, 9.17) is 9.84 Å². The Balaban J connectivity index is 2.25. The summed E-state index contributed by atoms with van der Waals surface area (Å²) in [5.41, 5.74) is 0. The molecule has 0 bridgehead atoms. The number of nitrogens with one attached hydrogen (secondary N) is 2. The first-order valence-electron chi connectivity index (χ1n) is 5.96. The summed E-state index contributed by atoms with van der Waals surface area (Å²) in [7, 11) is 1.69. The van der Waals surface area contributed by atoms with Crippen LogP contribution in [0.25, 0.3) is 0 Å². The van der Waals surface area contributed by atoms with Crippen molar-refractivity contribution in [2.75, 3.05) is 20.3 Å². The first-order chi connectivity index (χ1) is 7.77. The number of methoxy groups -OCH3 is 1. The van der Waals surface area contributed by atoms with E-state index in [1.54, 1.807) is 7.11 Å². The Bertz CT molecular complexity index is 211. The maximum Gasteiger partial charge on any atom is 0.315 e. The van der Waals surface area contributed by atoms with Crippen molar-refractivity contribution in [3.05, 3.63) is 0 Å². The van der Waals surface area contributed by atoms with Gasteiger partial charge in [0, 0.05) is 20.3 Å². The molecule has 1 aliphatic rings. The minimum atomic E-state index is -0.164. The highest BCUT2D eigenvalue weighted by Crippen LogP contribution is 2.20. The van der Waals surface area contributed by atoms with E-state index in [-0.39, 0.29) is 24.8 Å². The van der Waals surface area contributed by atoms with E-state index in [0.29, 0.717) is 13.0 Å². The van der Waals surface area contributed by atoms with Gasteiger partial charge in [-0.1, -0.05) is 12.8 Å². The monoisotopic (exact) mass is 230 g/mol. The molecule has 3 N–H and O–H groups in total. The molecular weight excluding hydrogens is 208 g/mol. The average molecular weight is 230 g/mol. The quantitative estimate of drug-likeness (QED) is 0.607. The van der Waals surface area contributed by atoms with Crippen LogP contribution >= 0.6 is 0 Å². The molecule has 0 radical (unpaired) electrons. The van der Waals surface area contributed by atoms with Gasteiger partial charge in [0.15, 0.2) is 0 Å². The maximum atomic E-state index is 11.5. The first kappa shape index (κ1) is 13.3. The van der Waals surface area contributed by atoms with E-state index in [1.807, 2.05) is 0 Å². The number of urea groups is 1. The minimum absolute atomic E-state index is 0.102. The number of aliphatic hydroxyl groups is 1. The van der Waals surface area contributed by atoms with Crippen molar-refractivity contribution < 1.29 is 14.6 Å². The van der Waals surface area contributed by atoms with Crippen molar-refractivity contribution in [1.29, 1.82) is 0 Å². The molecule has 5 nitrogen and oxygen atoms in total. The van der Waals surface area contributed by atoms with Gasteiger partial charge in [-0.15, -0.1) is 0 Å². The Hall–Kier alpha value is -0.810. The summed E-state index contributed by atoms with van der Waals surface area (Å²) < 4.78 is 5.35. The summed E-state index contributed by atoms with van der Waals surface area (Å²) in [5.74, 6) is 0. The predicted octanol–water partition coefficient (Wildman–Crippen LogP) is 0.626. The molecule has 0 heterocycles. The van der Waals surface area contributed by atoms with Gasteiger partial charge in [0.05, 0.1) is 12.1 Å². The molecule has 0 aromatic rings. The third-order valence-electron chi connectivity index (χ3n) is 2.94. The van der Waals surface area contributed by atoms with Crippen LogP contribution in [0, 0.1) is 0 Å². The Kier molecular flexibility index (Phi) is 6.18. The molecule has 2 atom stereocenters. The van der Waals surface area contributed by atoms with Crippen molar-refractivity contribution in [2.24, 2.45) is 0 Å². The lowest BCUT2D eigenvalue weighted by atomic mass is 9.92. The van der Waals surface area contributed by atoms with Gasteiger partial charge in [-0.25, -0.2) is 4.79 Å². The summed E-state index contributed by atoms with van der Waals surface area (Å²) in [6.45, 7) is 0.608. The molecule has 1 fully saturated rings. The molecule has 5 heteroatoms. The summed E-state index contributed by atoms with van der Waals surface area (Å²) >= 11 is 0. The number of carbonyl (C=O) groups is 1. The fraction of sp³-hybridized carbons (Fsp3) is 0.909. The highest BCUT2D eigenvalue weighted by Gasteiger charge is 2.25. The van der Waals surface area contributed by atoms with Crippen molar-refractivity contribution in [2.45, 2.75) is 44.2 Å². The van der Waals surface area contributed by atoms with Gasteiger partial charge in [-0.05, 0) is 19.3 Å². The molecule has 16 heavy (non-hydrogen) atoms. The van der Waals surface area contributed by atoms with E-state index in [2.05, 4.69) is 10.6 Å². The molecule has 0 aromatic heterocycles. The van der Waals surface area contributed by atoms with Gasteiger partial charge in [0.1, 0.15) is 0 Å². The second-order valence-corrected chi connectivity index (χ2v) is 4.14. The van der Waals surface area contributed by atoms with Gasteiger partial charge in [-0.2, -0.15) is 0 Å². The molecule has 94 valence electrons. The summed E-state index contributed by atoms with van der Waals surface area (Å²) in [4.78, 5) is 11.5. The predicted molar refractivity (Wildman–Crippen MR) is 61.3 cm³/mol. The van der Waals surface area contributed by atoms with Crippen LogP contribution in [0.2, 0.25) is 0 Å². The van der Waals surface area contributed by atoms with E-state index < -0.39 is 0 Å². The third kappa shape index (κ3) is 4.37. The third-order valence-corrected chi connectivity index (χ3v) is 2.94. The lowest BCUT2D eigenvalue weighted by molar-refractivity contribution is 0.0452. The van der Waals surface area contributed by atoms with Gasteiger partial charge in [0.2, 0.25) is 0 Å². The zero-order chi connectivity index (χ0) is 11.8. The van der Waals surface area contributed by atoms with Crippen molar-refractivity contribution in [1.82, 2.24) is 10.6 Å². The van der Waals surface area contributed by atoms with E-state index in [0.717, 1.165) is 19.3 Å². The SMILES string of the molecule is COC1CCCCC1NC(=O)NCCCO. The Morgan fingerprint density at radius 2 is 2.19 bits per heavy atom. The number of hydrogen-bond acceptors (Lipinski definition) is 3. The topological polar surface area (TPSA) is 70.6 Å². The summed E-state index contributed by atoms with van der Waals surface area (Å²) in [5, 5.41) is 14.2. The second kappa shape index (κ2) is 7.46. The number of rotatable bonds is 5. The van der Waals surface area contributed by atoms with E-state index >= 15 is 0 Å². The van der Waals surface area contributed by atoms with Crippen LogP contribution in [0.5, 0.6) is 0 Å². The molecule has 1 saturated carbocycles. The maximum absolute atomic E-state index is 11.5. The highest BCUT2D eigenvalue weighted by atomic mass is 16.5. The summed E-state index contributed by atoms with van der Waals surface area (Å²) in [6, 6.07) is -0.0460. The highest BCUT2D eigenvalue weighted by molar-refractivity contribution is 5.74. The number of hydrogen-bond donors (Lipinski definition) is 3. The largest absolute Gasteiger partial charge is 0.396 e. The number of ether oxygens (including phenoxy) is 1. The Morgan fingerprint density at radius 1 is 1.44 bits per heavy atom. The van der Waals surface area contributed by atoms with Crippen LogP contribution in [0.15, 0.2) is 0 Å². The standard InChI is InChI=1S/C11H22N2O3/c1-16-10-6-3-2-5-9(10)13-11(15)12-7-4-8-14/h9-10,14H,2-8H2,1H3,(H2,12,13,15). The Labute approximate surface area is 96.6 Å². The van der Waals surface area contributed by atoms with Crippen LogP contribution in [-0.4, -0.2) is 43.5 Å². The lowest BCUT2D eigenvalue weighted by Gasteiger charge is -2.30. The normalized spacial score (nSPS) is 25.1. The lowest BCUT2D eigenvalue weighted by Crippen LogP contribution is -2.49. The van der Waals surface area contributed by atoms with Crippen LogP contribution in [0.4, 0.5) is 4.79 Å². The fourth-order valence-corrected chi connectivity index (χ4v) is 2.04. The number of amides is 2. The van der Waals surface area contributed by atoms with Crippen molar-refractivity contribution in [3.63, 3.8) is 0 Å². The smallest absolute Gasteiger partial charge is 0.315 e. The van der Waals surface area contributed by atoms with E-state index in [1.165, 1.54) is 6.42 Å². The fourth-order valence-electron chi connectivity index (χ4n) is 2.04. The average Bonchev–Trinajstić information content (AvgIpc) is 2.30. The minimum Gasteiger partial charge on any atom is -0.396 e. The molecule has 0 aromatic carbocycles. The van der Waals surface area contributed by atoms with Crippen LogP contribution in [-0.2, 0) is 4.74 Å². The molecule has 0 aliphatic heterocycles. The number of carbonyl (C=O) groups excluding carboxylic acids is 1. The molecule has 0 saturated heterocycles. The zero-order valence-electron chi connectivity index (χ0n) is 9.87. The second-order valence-electron chi connectivity index (χ2n) is 4.14. The van der Waals surface area contributed by atoms with Gasteiger partial charge >= 0.3 is 6.03 Å². The van der Waals surface area contributed by atoms with Gasteiger partial charge < -0.3 is 20.5 Å². The first-order valence-corrected chi connectivity index (χ1v) is 5.96. The number of aliphatic hydroxyl groups excluding tert-OH is 1. The van der Waals surface area contributed by atoms with E-state index in [9.17, 15) is 4.79 Å². The van der Waals surface area contributed by atoms with Gasteiger partial charge in [-0.3, -0.25) is 0 Å². The molecule has 2 unspecified atom stereocenters. The zero-order valence-corrected chi connectivity index (χ0v) is 9.87. The van der Waals surface area contributed by atoms with Crippen LogP contribution in [0.1, 0.15) is 32.1 Å². The Morgan fingerprint density at radius 3 is 2.88 bits per heavy atom. The van der Waals surface area contributed by atoms with Crippen molar-refractivity contribution >= 4 is 6.03 Å².